The molecule has 1 aliphatic carbocycles. The lowest BCUT2D eigenvalue weighted by Crippen LogP contribution is -2.41. The van der Waals surface area contributed by atoms with Crippen LogP contribution < -0.4 is 5.56 Å². The smallest absolute Gasteiger partial charge is 0.410 e. The van der Waals surface area contributed by atoms with Crippen LogP contribution >= 0.6 is 0 Å². The van der Waals surface area contributed by atoms with Crippen LogP contribution in [0.1, 0.15) is 31.1 Å². The number of aromatic nitrogens is 2. The molecule has 0 aromatic carbocycles. The van der Waals surface area contributed by atoms with E-state index in [1.807, 2.05) is 20.8 Å². The van der Waals surface area contributed by atoms with Crippen molar-refractivity contribution in [1.29, 1.82) is 0 Å². The largest absolute Gasteiger partial charge is 0.444 e. The van der Waals surface area contributed by atoms with E-state index in [2.05, 4.69) is 11.6 Å². The molecule has 2 aliphatic rings. The van der Waals surface area contributed by atoms with Crippen LogP contribution in [0.2, 0.25) is 0 Å². The number of allylic oxidation sites excluding steroid dienone is 1. The number of ether oxygens (including phenoxy) is 1. The Balaban J connectivity index is 1.50. The monoisotopic (exact) mass is 412 g/mol. The molecule has 0 radical (unpaired) electrons. The first-order chi connectivity index (χ1) is 14.1. The third kappa shape index (κ3) is 3.40. The SMILES string of the molecule is C=CCn1cc(C(=O)N(C)C2[C@H]3CN(C(=O)OC(C)(C)C)C[C@@H]23)c2cc[nH]c2c1=O. The molecule has 1 saturated carbocycles. The van der Waals surface area contributed by atoms with Gasteiger partial charge in [0.15, 0.2) is 0 Å². The highest BCUT2D eigenvalue weighted by molar-refractivity contribution is 6.06. The van der Waals surface area contributed by atoms with Crippen LogP contribution in [0, 0.1) is 11.8 Å². The number of fused-ring (bicyclic) bond motifs is 2. The van der Waals surface area contributed by atoms with E-state index in [0.717, 1.165) is 0 Å². The van der Waals surface area contributed by atoms with E-state index in [0.29, 0.717) is 36.1 Å². The molecule has 160 valence electrons. The molecule has 2 fully saturated rings. The number of piperidine rings is 1. The minimum absolute atomic E-state index is 0.0879. The van der Waals surface area contributed by atoms with Crippen molar-refractivity contribution in [2.24, 2.45) is 11.8 Å². The van der Waals surface area contributed by atoms with Crippen LogP contribution in [0.5, 0.6) is 0 Å². The Morgan fingerprint density at radius 2 is 2.00 bits per heavy atom. The summed E-state index contributed by atoms with van der Waals surface area (Å²) in [4.78, 5) is 44.6. The predicted octanol–water partition coefficient (Wildman–Crippen LogP) is 2.45. The summed E-state index contributed by atoms with van der Waals surface area (Å²) in [6, 6.07) is 1.85. The second kappa shape index (κ2) is 7.04. The summed E-state index contributed by atoms with van der Waals surface area (Å²) in [6.07, 6.45) is 4.62. The minimum Gasteiger partial charge on any atom is -0.444 e. The second-order valence-corrected chi connectivity index (χ2v) is 9.17. The highest BCUT2D eigenvalue weighted by Gasteiger charge is 2.60. The fraction of sp³-hybridized carbons (Fsp3) is 0.500. The summed E-state index contributed by atoms with van der Waals surface area (Å²) in [5.74, 6) is 0.389. The van der Waals surface area contributed by atoms with Gasteiger partial charge in [-0.3, -0.25) is 9.59 Å². The fourth-order valence-corrected chi connectivity index (χ4v) is 4.51. The number of H-pyrrole nitrogens is 1. The number of carbonyl (C=O) groups is 2. The van der Waals surface area contributed by atoms with Gasteiger partial charge >= 0.3 is 6.09 Å². The zero-order valence-corrected chi connectivity index (χ0v) is 17.8. The average Bonchev–Trinajstić information content (AvgIpc) is 3.04. The Hall–Kier alpha value is -3.03. The maximum Gasteiger partial charge on any atom is 0.410 e. The zero-order valence-electron chi connectivity index (χ0n) is 17.8. The standard InChI is InChI=1S/C22H28N4O4/c1-6-9-25-12-16(13-7-8-23-17(13)20(25)28)19(27)24(5)18-14-10-26(11-15(14)18)21(29)30-22(2,3)4/h6-8,12,14-15,18,23H,1,9-11H2,2-5H3/t14-,15+,18?. The number of nitrogens with zero attached hydrogens (tertiary/aromatic N) is 3. The molecule has 3 atom stereocenters. The van der Waals surface area contributed by atoms with Crippen LogP contribution in [0.4, 0.5) is 4.79 Å². The molecular formula is C22H28N4O4. The van der Waals surface area contributed by atoms with E-state index in [9.17, 15) is 14.4 Å². The molecule has 2 aromatic heterocycles. The maximum absolute atomic E-state index is 13.3. The van der Waals surface area contributed by atoms with E-state index < -0.39 is 5.60 Å². The highest BCUT2D eigenvalue weighted by Crippen LogP contribution is 2.49. The topological polar surface area (TPSA) is 87.6 Å². The number of hydrogen-bond acceptors (Lipinski definition) is 4. The molecule has 2 aromatic rings. The number of likely N-dealkylation sites (tertiary alicyclic amines) is 1. The summed E-state index contributed by atoms with van der Waals surface area (Å²) in [5, 5.41) is 0.623. The third-order valence-electron chi connectivity index (χ3n) is 5.92. The molecule has 1 N–H and O–H groups in total. The molecular weight excluding hydrogens is 384 g/mol. The van der Waals surface area contributed by atoms with Gasteiger partial charge in [0.05, 0.1) is 5.56 Å². The summed E-state index contributed by atoms with van der Waals surface area (Å²) in [7, 11) is 1.80. The minimum atomic E-state index is -0.521. The van der Waals surface area contributed by atoms with Crippen molar-refractivity contribution in [3.8, 4) is 0 Å². The molecule has 1 unspecified atom stereocenters. The van der Waals surface area contributed by atoms with Gasteiger partial charge in [0.2, 0.25) is 0 Å². The molecule has 1 saturated heterocycles. The van der Waals surface area contributed by atoms with E-state index >= 15 is 0 Å². The lowest BCUT2D eigenvalue weighted by atomic mass is 10.1. The first-order valence-corrected chi connectivity index (χ1v) is 10.2. The maximum atomic E-state index is 13.3. The van der Waals surface area contributed by atoms with E-state index in [1.165, 1.54) is 4.57 Å². The molecule has 1 aliphatic heterocycles. The van der Waals surface area contributed by atoms with Crippen LogP contribution in [0.3, 0.4) is 0 Å². The van der Waals surface area contributed by atoms with Gasteiger partial charge in [0.25, 0.3) is 11.5 Å². The lowest BCUT2D eigenvalue weighted by molar-refractivity contribution is 0.0260. The Kier molecular flexibility index (Phi) is 4.75. The van der Waals surface area contributed by atoms with E-state index in [4.69, 9.17) is 4.74 Å². The number of carbonyl (C=O) groups excluding carboxylic acids is 2. The quantitative estimate of drug-likeness (QED) is 0.782. The summed E-state index contributed by atoms with van der Waals surface area (Å²) in [6.45, 7) is 10.8. The molecule has 3 heterocycles. The normalized spacial score (nSPS) is 22.7. The number of amides is 2. The van der Waals surface area contributed by atoms with Crippen LogP contribution in [-0.4, -0.2) is 63.1 Å². The first-order valence-electron chi connectivity index (χ1n) is 10.2. The van der Waals surface area contributed by atoms with Crippen LogP contribution in [0.15, 0.2) is 35.9 Å². The van der Waals surface area contributed by atoms with Gasteiger partial charge in [-0.05, 0) is 26.8 Å². The molecule has 8 heteroatoms. The van der Waals surface area contributed by atoms with Gasteiger partial charge in [-0.2, -0.15) is 0 Å². The predicted molar refractivity (Wildman–Crippen MR) is 113 cm³/mol. The van der Waals surface area contributed by atoms with Gasteiger partial charge in [0, 0.05) is 62.3 Å². The van der Waals surface area contributed by atoms with Gasteiger partial charge in [-0.25, -0.2) is 4.79 Å². The number of aromatic amines is 1. The van der Waals surface area contributed by atoms with Gasteiger partial charge in [-0.15, -0.1) is 6.58 Å². The number of hydrogen-bond donors (Lipinski definition) is 1. The molecule has 8 nitrogen and oxygen atoms in total. The zero-order chi connectivity index (χ0) is 21.8. The number of pyridine rings is 1. The summed E-state index contributed by atoms with van der Waals surface area (Å²) >= 11 is 0. The van der Waals surface area contributed by atoms with Crippen molar-refractivity contribution in [3.05, 3.63) is 47.0 Å². The molecule has 0 spiro atoms. The van der Waals surface area contributed by atoms with Crippen LogP contribution in [-0.2, 0) is 11.3 Å². The summed E-state index contributed by atoms with van der Waals surface area (Å²) < 4.78 is 6.94. The molecule has 2 amide bonds. The Labute approximate surface area is 175 Å². The first kappa shape index (κ1) is 20.3. The van der Waals surface area contributed by atoms with Gasteiger partial charge in [0.1, 0.15) is 11.1 Å². The van der Waals surface area contributed by atoms with E-state index in [-0.39, 0.29) is 35.4 Å². The third-order valence-corrected chi connectivity index (χ3v) is 5.92. The van der Waals surface area contributed by atoms with Crippen molar-refractivity contribution < 1.29 is 14.3 Å². The second-order valence-electron chi connectivity index (χ2n) is 9.17. The van der Waals surface area contributed by atoms with Crippen molar-refractivity contribution in [2.75, 3.05) is 20.1 Å². The van der Waals surface area contributed by atoms with Crippen LogP contribution in [0.25, 0.3) is 10.9 Å². The van der Waals surface area contributed by atoms with Gasteiger partial charge < -0.3 is 24.1 Å². The fourth-order valence-electron chi connectivity index (χ4n) is 4.51. The van der Waals surface area contributed by atoms with Crippen molar-refractivity contribution in [3.63, 3.8) is 0 Å². The average molecular weight is 412 g/mol. The molecule has 30 heavy (non-hydrogen) atoms. The van der Waals surface area contributed by atoms with Crippen molar-refractivity contribution >= 4 is 22.9 Å². The lowest BCUT2D eigenvalue weighted by Gasteiger charge is -2.27. The molecule has 4 rings (SSSR count). The Morgan fingerprint density at radius 3 is 2.60 bits per heavy atom. The summed E-state index contributed by atoms with van der Waals surface area (Å²) in [5.41, 5.74) is 0.213. The molecule has 0 bridgehead atoms. The highest BCUT2D eigenvalue weighted by atomic mass is 16.6. The van der Waals surface area contributed by atoms with Crippen molar-refractivity contribution in [1.82, 2.24) is 19.4 Å². The van der Waals surface area contributed by atoms with Crippen molar-refractivity contribution in [2.45, 2.75) is 39.0 Å². The van der Waals surface area contributed by atoms with Gasteiger partial charge in [-0.1, -0.05) is 6.08 Å². The Morgan fingerprint density at radius 1 is 1.33 bits per heavy atom. The number of rotatable bonds is 4. The number of nitrogens with one attached hydrogen (secondary N) is 1. The Bertz CT molecular complexity index is 1060. The van der Waals surface area contributed by atoms with E-state index in [1.54, 1.807) is 41.4 Å².